The van der Waals surface area contributed by atoms with Crippen LogP contribution in [0.5, 0.6) is 0 Å². The predicted octanol–water partition coefficient (Wildman–Crippen LogP) is 5.48. The zero-order valence-corrected chi connectivity index (χ0v) is 42.5. The summed E-state index contributed by atoms with van der Waals surface area (Å²) in [6.07, 6.45) is 2.82. The van der Waals surface area contributed by atoms with Crippen LogP contribution in [0.4, 0.5) is 0 Å². The lowest BCUT2D eigenvalue weighted by Gasteiger charge is -2.43. The quantitative estimate of drug-likeness (QED) is 0.0780. The van der Waals surface area contributed by atoms with Gasteiger partial charge in [0.1, 0.15) is 0 Å². The molecule has 1 saturated heterocycles. The minimum absolute atomic E-state index is 0.00957. The number of benzene rings is 2. The maximum Gasteiger partial charge on any atom is 0.303 e. The van der Waals surface area contributed by atoms with Gasteiger partial charge >= 0.3 is 5.97 Å². The van der Waals surface area contributed by atoms with Crippen LogP contribution >= 0.6 is 0 Å². The van der Waals surface area contributed by atoms with Gasteiger partial charge in [0.05, 0.1) is 47.6 Å². The lowest BCUT2D eigenvalue weighted by molar-refractivity contribution is -0.144. The molecule has 0 aromatic heterocycles. The second kappa shape index (κ2) is 27.1. The van der Waals surface area contributed by atoms with Gasteiger partial charge in [-0.1, -0.05) is 97.4 Å². The summed E-state index contributed by atoms with van der Waals surface area (Å²) in [7, 11) is 2.39. The van der Waals surface area contributed by atoms with E-state index in [1.54, 1.807) is 43.2 Å². The number of aryl methyl sites for hydroxylation is 1. The summed E-state index contributed by atoms with van der Waals surface area (Å²) in [5.74, 6) is -3.25. The first-order valence-corrected chi connectivity index (χ1v) is 25.2. The molecule has 17 heteroatoms. The smallest absolute Gasteiger partial charge is 0.303 e. The number of carbonyl (C=O) groups is 5. The number of hydrogen-bond donors (Lipinski definition) is 4. The molecule has 1 heterocycles. The van der Waals surface area contributed by atoms with Gasteiger partial charge in [-0.15, -0.1) is 0 Å². The number of likely N-dealkylation sites (N-methyl/N-ethyl adjacent to an activating group) is 2. The number of nitrogens with one attached hydrogen (secondary N) is 2. The van der Waals surface area contributed by atoms with Crippen molar-refractivity contribution in [1.29, 1.82) is 0 Å². The van der Waals surface area contributed by atoms with E-state index >= 15 is 0 Å². The number of hydrogen-bond acceptors (Lipinski definition) is 11. The highest BCUT2D eigenvalue weighted by molar-refractivity contribution is 7.85. The Balaban J connectivity index is 1.79. The fraction of sp³-hybridized carbons (Fsp3) is 0.660. The van der Waals surface area contributed by atoms with E-state index in [0.29, 0.717) is 45.2 Å². The molecule has 0 bridgehead atoms. The first-order valence-electron chi connectivity index (χ1n) is 23.8. The summed E-state index contributed by atoms with van der Waals surface area (Å²) >= 11 is 0. The van der Waals surface area contributed by atoms with Crippen molar-refractivity contribution < 1.29 is 51.5 Å². The van der Waals surface area contributed by atoms with Crippen LogP contribution < -0.4 is 10.6 Å². The number of carboxylic acids is 1. The summed E-state index contributed by atoms with van der Waals surface area (Å²) in [6, 6.07) is 13.3. The van der Waals surface area contributed by atoms with E-state index in [2.05, 4.69) is 17.6 Å². The van der Waals surface area contributed by atoms with Crippen molar-refractivity contribution in [2.24, 2.45) is 23.7 Å². The van der Waals surface area contributed by atoms with E-state index in [1.807, 2.05) is 83.8 Å². The second-order valence-corrected chi connectivity index (χ2v) is 20.5. The molecule has 1 aliphatic rings. The van der Waals surface area contributed by atoms with Crippen molar-refractivity contribution in [3.63, 3.8) is 0 Å². The molecule has 3 rings (SSSR count). The normalized spacial score (nSPS) is 18.0. The first-order chi connectivity index (χ1) is 31.5. The Bertz CT molecular complexity index is 2000. The molecule has 0 aliphatic carbocycles. The van der Waals surface area contributed by atoms with Gasteiger partial charge in [0.25, 0.3) is 10.1 Å². The zero-order valence-electron chi connectivity index (χ0n) is 41.6. The average Bonchev–Trinajstić information content (AvgIpc) is 3.75. The molecule has 1 aliphatic heterocycles. The number of likely N-dealkylation sites (tertiary alicyclic amines) is 1. The van der Waals surface area contributed by atoms with Gasteiger partial charge in [0.2, 0.25) is 23.6 Å². The first kappa shape index (κ1) is 57.1. The van der Waals surface area contributed by atoms with Gasteiger partial charge in [-0.3, -0.25) is 43.6 Å². The molecule has 0 unspecified atom stereocenters. The Morgan fingerprint density at radius 1 is 0.851 bits per heavy atom. The van der Waals surface area contributed by atoms with Crippen LogP contribution in [0.2, 0.25) is 0 Å². The van der Waals surface area contributed by atoms with Gasteiger partial charge in [0, 0.05) is 39.3 Å². The average molecular weight is 958 g/mol. The van der Waals surface area contributed by atoms with E-state index < -0.39 is 64.2 Å². The lowest BCUT2D eigenvalue weighted by Crippen LogP contribution is -2.60. The van der Waals surface area contributed by atoms with Crippen LogP contribution in [0.3, 0.4) is 0 Å². The van der Waals surface area contributed by atoms with E-state index in [9.17, 15) is 36.9 Å². The Hall–Kier alpha value is -4.26. The number of methoxy groups -OCH3 is 2. The van der Waals surface area contributed by atoms with Crippen LogP contribution in [0.15, 0.2) is 59.5 Å². The number of carbonyl (C=O) groups excluding carboxylic acids is 4. The van der Waals surface area contributed by atoms with Crippen LogP contribution in [0, 0.1) is 23.7 Å². The Morgan fingerprint density at radius 3 is 2.00 bits per heavy atom. The molecule has 0 saturated carbocycles. The molecule has 0 spiro atoms. The van der Waals surface area contributed by atoms with Crippen molar-refractivity contribution in [2.45, 2.75) is 154 Å². The van der Waals surface area contributed by atoms with Gasteiger partial charge in [-0.05, 0) is 100 Å². The van der Waals surface area contributed by atoms with Crippen molar-refractivity contribution in [1.82, 2.24) is 25.3 Å². The molecule has 16 nitrogen and oxygen atoms in total. The lowest BCUT2D eigenvalue weighted by atomic mass is 9.87. The molecule has 2 aromatic rings. The largest absolute Gasteiger partial charge is 0.481 e. The maximum atomic E-state index is 14.5. The number of amides is 4. The summed E-state index contributed by atoms with van der Waals surface area (Å²) in [6.45, 7) is 14.4. The molecule has 1 fully saturated rings. The van der Waals surface area contributed by atoms with Crippen LogP contribution in [0.25, 0.3) is 0 Å². The third-order valence-corrected chi connectivity index (χ3v) is 14.3. The number of imide groups is 1. The molecular formula is C50H79N5O11S. The summed E-state index contributed by atoms with van der Waals surface area (Å²) in [5.41, 5.74) is 1.89. The minimum Gasteiger partial charge on any atom is -0.481 e. The molecule has 67 heavy (non-hydrogen) atoms. The third kappa shape index (κ3) is 16.7. The number of aliphatic carboxylic acids is 1. The molecule has 376 valence electrons. The van der Waals surface area contributed by atoms with Gasteiger partial charge < -0.3 is 24.8 Å². The standard InChI is InChI=1S/C50H79N5O11S/c1-12-34(6)46(54(9)45(33(4)5)50(61)52-49(60)44(32(2)3)53(8)28-17-21-43(57)58)41(65-10)31-42(56)55-29-16-20-40(55)47(66-11)35(7)48(59)51-38(30-37-18-14-13-15-19-37)25-22-36-23-26-39(27-24-36)67(62,63)64/h13-15,18-19,23-24,26-27,32-35,38,40-41,44-47H,12,16-17,20-22,25,28-31H2,1-11H3,(H,51,59)(H,57,58)(H,52,60,61)(H,62,63,64)/t34-,35+,38+,40-,41+,44-,45-,46-,47+/m0/s1. The predicted molar refractivity (Wildman–Crippen MR) is 258 cm³/mol. The highest BCUT2D eigenvalue weighted by Crippen LogP contribution is 2.31. The van der Waals surface area contributed by atoms with Crippen LogP contribution in [-0.2, 0) is 56.4 Å². The monoisotopic (exact) mass is 958 g/mol. The van der Waals surface area contributed by atoms with E-state index in [1.165, 1.54) is 12.1 Å². The van der Waals surface area contributed by atoms with E-state index in [4.69, 9.17) is 14.6 Å². The topological polar surface area (TPSA) is 212 Å². The fourth-order valence-electron chi connectivity index (χ4n) is 9.86. The van der Waals surface area contributed by atoms with Crippen molar-refractivity contribution in [2.75, 3.05) is 41.4 Å². The zero-order chi connectivity index (χ0) is 50.2. The maximum absolute atomic E-state index is 14.5. The number of rotatable bonds is 28. The number of ether oxygens (including phenoxy) is 2. The second-order valence-electron chi connectivity index (χ2n) is 19.1. The van der Waals surface area contributed by atoms with Crippen molar-refractivity contribution >= 4 is 39.7 Å². The van der Waals surface area contributed by atoms with E-state index in [0.717, 1.165) is 24.0 Å². The summed E-state index contributed by atoms with van der Waals surface area (Å²) in [4.78, 5) is 73.0. The fourth-order valence-corrected chi connectivity index (χ4v) is 10.3. The highest BCUT2D eigenvalue weighted by atomic mass is 32.2. The Labute approximate surface area is 399 Å². The van der Waals surface area contributed by atoms with Gasteiger partial charge in [0.15, 0.2) is 0 Å². The van der Waals surface area contributed by atoms with Crippen molar-refractivity contribution in [3.05, 3.63) is 65.7 Å². The molecule has 0 radical (unpaired) electrons. The minimum atomic E-state index is -4.32. The van der Waals surface area contributed by atoms with E-state index in [-0.39, 0.29) is 59.4 Å². The SMILES string of the molecule is CC[C@H](C)[C@@H]([C@@H](CC(=O)N1CCC[C@H]1[C@H](OC)[C@@H](C)C(=O)N[C@H](CCc1ccc(S(=O)(=O)O)cc1)Cc1ccccc1)OC)N(C)[C@H](C(=O)NC(=O)[C@H](C(C)C)N(C)CCCC(=O)O)C(C)C. The molecular weight excluding hydrogens is 879 g/mol. The van der Waals surface area contributed by atoms with Gasteiger partial charge in [-0.25, -0.2) is 0 Å². The van der Waals surface area contributed by atoms with Crippen LogP contribution in [0.1, 0.15) is 105 Å². The van der Waals surface area contributed by atoms with Crippen molar-refractivity contribution in [3.8, 4) is 0 Å². The van der Waals surface area contributed by atoms with Crippen LogP contribution in [-0.4, -0.2) is 146 Å². The Kier molecular flexibility index (Phi) is 23.0. The summed E-state index contributed by atoms with van der Waals surface area (Å²) in [5, 5.41) is 15.1. The molecule has 9 atom stereocenters. The number of carboxylic acid groups (broad SMARTS) is 1. The summed E-state index contributed by atoms with van der Waals surface area (Å²) < 4.78 is 44.8. The third-order valence-electron chi connectivity index (χ3n) is 13.5. The Morgan fingerprint density at radius 2 is 1.46 bits per heavy atom. The molecule has 4 amide bonds. The molecule has 4 N–H and O–H groups in total. The van der Waals surface area contributed by atoms with Gasteiger partial charge in [-0.2, -0.15) is 8.42 Å². The number of nitrogens with zero attached hydrogens (tertiary/aromatic N) is 3. The highest BCUT2D eigenvalue weighted by Gasteiger charge is 2.44. The molecule has 2 aromatic carbocycles.